The smallest absolute Gasteiger partial charge is 0.147 e. The lowest BCUT2D eigenvalue weighted by molar-refractivity contribution is -0.104. The Morgan fingerprint density at radius 2 is 2.15 bits per heavy atom. The quantitative estimate of drug-likeness (QED) is 0.419. The number of anilines is 2. The van der Waals surface area contributed by atoms with Crippen LogP contribution in [0.5, 0.6) is 0 Å². The van der Waals surface area contributed by atoms with Crippen LogP contribution in [0, 0.1) is 0 Å². The highest BCUT2D eigenvalue weighted by molar-refractivity contribution is 5.74. The molecule has 0 fully saturated rings. The van der Waals surface area contributed by atoms with Gasteiger partial charge in [-0.3, -0.25) is 4.79 Å². The van der Waals surface area contributed by atoms with Gasteiger partial charge in [0.1, 0.15) is 6.29 Å². The number of hydrogen-bond acceptors (Lipinski definition) is 3. The minimum absolute atomic E-state index is 0.628. The predicted octanol–water partition coefficient (Wildman–Crippen LogP) is 1.78. The van der Waals surface area contributed by atoms with E-state index in [4.69, 9.17) is 5.73 Å². The van der Waals surface area contributed by atoms with Crippen molar-refractivity contribution in [2.45, 2.75) is 6.92 Å². The number of aldehydes is 1. The summed E-state index contributed by atoms with van der Waals surface area (Å²) in [6, 6.07) is 7.38. The minimum Gasteiger partial charge on any atom is -0.397 e. The monoisotopic (exact) mass is 176 g/mol. The van der Waals surface area contributed by atoms with Crippen molar-refractivity contribution in [1.82, 2.24) is 0 Å². The molecule has 1 aromatic carbocycles. The van der Waals surface area contributed by atoms with E-state index in [1.807, 2.05) is 18.2 Å². The molecule has 3 nitrogen and oxygen atoms in total. The van der Waals surface area contributed by atoms with Crippen LogP contribution in [-0.4, -0.2) is 6.29 Å². The Morgan fingerprint density at radius 3 is 2.77 bits per heavy atom. The molecule has 0 radical (unpaired) electrons. The zero-order chi connectivity index (χ0) is 9.68. The summed E-state index contributed by atoms with van der Waals surface area (Å²) in [5.74, 6) is 0. The number of carbonyl (C=O) groups is 1. The second kappa shape index (κ2) is 4.30. The van der Waals surface area contributed by atoms with Gasteiger partial charge in [0.05, 0.1) is 11.4 Å². The van der Waals surface area contributed by atoms with Crippen LogP contribution in [-0.2, 0) is 4.79 Å². The summed E-state index contributed by atoms with van der Waals surface area (Å²) in [6.45, 7) is 1.72. The first-order valence-electron chi connectivity index (χ1n) is 3.97. The van der Waals surface area contributed by atoms with Gasteiger partial charge >= 0.3 is 0 Å². The first kappa shape index (κ1) is 9.32. The van der Waals surface area contributed by atoms with Gasteiger partial charge in [0.15, 0.2) is 0 Å². The third kappa shape index (κ3) is 2.63. The molecule has 0 saturated heterocycles. The molecule has 1 rings (SSSR count). The molecule has 3 N–H and O–H groups in total. The summed E-state index contributed by atoms with van der Waals surface area (Å²) < 4.78 is 0. The fraction of sp³-hybridized carbons (Fsp3) is 0.100. The van der Waals surface area contributed by atoms with Gasteiger partial charge in [0.2, 0.25) is 0 Å². The standard InChI is InChI=1S/C10H12N2O/c1-8(7-13)6-12-10-5-3-2-4-9(10)11/h2-7,12H,11H2,1H3. The van der Waals surface area contributed by atoms with E-state index in [1.54, 1.807) is 19.2 Å². The molecule has 0 saturated carbocycles. The maximum absolute atomic E-state index is 10.3. The summed E-state index contributed by atoms with van der Waals surface area (Å²) in [7, 11) is 0. The maximum atomic E-state index is 10.3. The van der Waals surface area contributed by atoms with Crippen molar-refractivity contribution in [2.75, 3.05) is 11.1 Å². The Balaban J connectivity index is 2.75. The second-order valence-corrected chi connectivity index (χ2v) is 2.74. The number of benzene rings is 1. The van der Waals surface area contributed by atoms with Gasteiger partial charge < -0.3 is 11.1 Å². The van der Waals surface area contributed by atoms with E-state index in [0.717, 1.165) is 12.0 Å². The molecule has 0 unspecified atom stereocenters. The molecule has 1 aromatic rings. The first-order chi connectivity index (χ1) is 6.24. The molecule has 13 heavy (non-hydrogen) atoms. The number of allylic oxidation sites excluding steroid dienone is 1. The van der Waals surface area contributed by atoms with E-state index in [-0.39, 0.29) is 0 Å². The third-order valence-corrected chi connectivity index (χ3v) is 1.60. The lowest BCUT2D eigenvalue weighted by Crippen LogP contribution is -1.95. The number of rotatable bonds is 3. The Morgan fingerprint density at radius 1 is 1.46 bits per heavy atom. The van der Waals surface area contributed by atoms with E-state index in [2.05, 4.69) is 5.32 Å². The van der Waals surface area contributed by atoms with Crippen LogP contribution in [0.3, 0.4) is 0 Å². The summed E-state index contributed by atoms with van der Waals surface area (Å²) in [5, 5.41) is 2.95. The average Bonchev–Trinajstić information content (AvgIpc) is 2.16. The Hall–Kier alpha value is -1.77. The molecule has 0 aliphatic carbocycles. The fourth-order valence-corrected chi connectivity index (χ4v) is 0.854. The molecule has 0 aliphatic rings. The van der Waals surface area contributed by atoms with Gasteiger partial charge in [-0.15, -0.1) is 0 Å². The molecule has 0 bridgehead atoms. The molecule has 68 valence electrons. The van der Waals surface area contributed by atoms with Crippen LogP contribution >= 0.6 is 0 Å². The Labute approximate surface area is 77.3 Å². The van der Waals surface area contributed by atoms with Gasteiger partial charge in [-0.05, 0) is 19.1 Å². The van der Waals surface area contributed by atoms with Gasteiger partial charge in [0, 0.05) is 11.8 Å². The van der Waals surface area contributed by atoms with Crippen molar-refractivity contribution < 1.29 is 4.79 Å². The highest BCUT2D eigenvalue weighted by Gasteiger charge is 1.93. The van der Waals surface area contributed by atoms with Crippen LogP contribution in [0.4, 0.5) is 11.4 Å². The highest BCUT2D eigenvalue weighted by atomic mass is 16.1. The van der Waals surface area contributed by atoms with Crippen molar-refractivity contribution in [3.05, 3.63) is 36.0 Å². The molecule has 0 heterocycles. The van der Waals surface area contributed by atoms with Gasteiger partial charge in [-0.2, -0.15) is 0 Å². The molecule has 3 heteroatoms. The van der Waals surface area contributed by atoms with Crippen molar-refractivity contribution in [3.8, 4) is 0 Å². The van der Waals surface area contributed by atoms with Crippen LogP contribution in [0.25, 0.3) is 0 Å². The van der Waals surface area contributed by atoms with Crippen molar-refractivity contribution in [3.63, 3.8) is 0 Å². The summed E-state index contributed by atoms with van der Waals surface area (Å²) in [5.41, 5.74) is 7.77. The molecule has 0 atom stereocenters. The summed E-state index contributed by atoms with van der Waals surface area (Å²) >= 11 is 0. The zero-order valence-corrected chi connectivity index (χ0v) is 7.45. The fourth-order valence-electron chi connectivity index (χ4n) is 0.854. The van der Waals surface area contributed by atoms with E-state index in [1.165, 1.54) is 0 Å². The highest BCUT2D eigenvalue weighted by Crippen LogP contribution is 2.16. The molecule has 0 aliphatic heterocycles. The number of nitrogens with one attached hydrogen (secondary N) is 1. The largest absolute Gasteiger partial charge is 0.397 e. The van der Waals surface area contributed by atoms with E-state index in [9.17, 15) is 4.79 Å². The van der Waals surface area contributed by atoms with Gasteiger partial charge in [0.25, 0.3) is 0 Å². The molecule has 0 aromatic heterocycles. The number of nitrogens with two attached hydrogens (primary N) is 1. The van der Waals surface area contributed by atoms with Crippen LogP contribution in [0.15, 0.2) is 36.0 Å². The van der Waals surface area contributed by atoms with E-state index >= 15 is 0 Å². The van der Waals surface area contributed by atoms with Crippen LogP contribution in [0.2, 0.25) is 0 Å². The lowest BCUT2D eigenvalue weighted by atomic mass is 10.2. The zero-order valence-electron chi connectivity index (χ0n) is 7.45. The first-order valence-corrected chi connectivity index (χ1v) is 3.97. The topological polar surface area (TPSA) is 55.1 Å². The van der Waals surface area contributed by atoms with Crippen molar-refractivity contribution in [1.29, 1.82) is 0 Å². The average molecular weight is 176 g/mol. The molecule has 0 amide bonds. The normalized spacial score (nSPS) is 11.0. The van der Waals surface area contributed by atoms with Gasteiger partial charge in [-0.25, -0.2) is 0 Å². The second-order valence-electron chi connectivity index (χ2n) is 2.74. The molecular weight excluding hydrogens is 164 g/mol. The minimum atomic E-state index is 0.628. The third-order valence-electron chi connectivity index (χ3n) is 1.60. The molecule has 0 spiro atoms. The summed E-state index contributed by atoms with van der Waals surface area (Å²) in [4.78, 5) is 10.3. The summed E-state index contributed by atoms with van der Waals surface area (Å²) in [6.07, 6.45) is 2.41. The predicted molar refractivity (Wildman–Crippen MR) is 54.3 cm³/mol. The van der Waals surface area contributed by atoms with Crippen molar-refractivity contribution >= 4 is 17.7 Å². The van der Waals surface area contributed by atoms with E-state index < -0.39 is 0 Å². The van der Waals surface area contributed by atoms with Gasteiger partial charge in [-0.1, -0.05) is 12.1 Å². The van der Waals surface area contributed by atoms with Crippen molar-refractivity contribution in [2.24, 2.45) is 0 Å². The number of para-hydroxylation sites is 2. The Bertz CT molecular complexity index is 331. The number of hydrogen-bond donors (Lipinski definition) is 2. The number of carbonyl (C=O) groups excluding carboxylic acids is 1. The van der Waals surface area contributed by atoms with E-state index in [0.29, 0.717) is 11.3 Å². The number of nitrogen functional groups attached to an aromatic ring is 1. The lowest BCUT2D eigenvalue weighted by Gasteiger charge is -2.03. The maximum Gasteiger partial charge on any atom is 0.147 e. The molecular formula is C10H12N2O. The SMILES string of the molecule is CC(C=O)=CNc1ccccc1N. The van der Waals surface area contributed by atoms with Crippen LogP contribution in [0.1, 0.15) is 6.92 Å². The Kier molecular flexibility index (Phi) is 3.09. The van der Waals surface area contributed by atoms with Crippen LogP contribution < -0.4 is 11.1 Å².